The molecular weight excluding hydrogens is 180 g/mol. The van der Waals surface area contributed by atoms with E-state index < -0.39 is 0 Å². The van der Waals surface area contributed by atoms with Gasteiger partial charge in [-0.05, 0) is 19.1 Å². The Hall–Kier alpha value is -1.77. The zero-order valence-corrected chi connectivity index (χ0v) is 7.99. The first-order valence-corrected chi connectivity index (χ1v) is 4.20. The molecule has 0 bridgehead atoms. The molecule has 1 N–H and O–H groups in total. The van der Waals surface area contributed by atoms with Gasteiger partial charge in [0.25, 0.3) is 0 Å². The quantitative estimate of drug-likeness (QED) is 0.588. The number of ketones is 1. The molecule has 3 nitrogen and oxygen atoms in total. The molecule has 1 aromatic carbocycles. The van der Waals surface area contributed by atoms with Gasteiger partial charge in [0, 0.05) is 0 Å². The fraction of sp³-hybridized carbons (Fsp3) is 0.182. The van der Waals surface area contributed by atoms with Crippen molar-refractivity contribution >= 4 is 5.78 Å². The standard InChI is InChI=1S/C11H12O3/c1-8(12)7-14-11-6-4-3-5-10(11)9(2)13/h3-6,12H,1,7H2,2H3. The molecule has 0 atom stereocenters. The highest BCUT2D eigenvalue weighted by atomic mass is 16.5. The summed E-state index contributed by atoms with van der Waals surface area (Å²) in [6.07, 6.45) is 0. The Morgan fingerprint density at radius 1 is 1.50 bits per heavy atom. The molecule has 0 saturated heterocycles. The largest absolute Gasteiger partial charge is 0.509 e. The molecule has 0 saturated carbocycles. The topological polar surface area (TPSA) is 46.5 Å². The second-order valence-corrected chi connectivity index (χ2v) is 2.91. The van der Waals surface area contributed by atoms with E-state index in [9.17, 15) is 4.79 Å². The highest BCUT2D eigenvalue weighted by Crippen LogP contribution is 2.18. The van der Waals surface area contributed by atoms with Gasteiger partial charge in [-0.1, -0.05) is 18.7 Å². The molecule has 0 aliphatic carbocycles. The third-order valence-electron chi connectivity index (χ3n) is 1.66. The van der Waals surface area contributed by atoms with Crippen molar-refractivity contribution in [3.8, 4) is 5.75 Å². The van der Waals surface area contributed by atoms with Gasteiger partial charge in [0.2, 0.25) is 0 Å². The summed E-state index contributed by atoms with van der Waals surface area (Å²) in [5.74, 6) is 0.336. The normalized spacial score (nSPS) is 9.50. The van der Waals surface area contributed by atoms with Crippen LogP contribution in [0.4, 0.5) is 0 Å². The number of benzene rings is 1. The fourth-order valence-corrected chi connectivity index (χ4v) is 1.04. The number of Topliss-reactive ketones (excluding diaryl/α,β-unsaturated/α-hetero) is 1. The van der Waals surface area contributed by atoms with Crippen molar-refractivity contribution in [1.29, 1.82) is 0 Å². The molecule has 0 heterocycles. The minimum absolute atomic E-state index is 0.00426. The van der Waals surface area contributed by atoms with E-state index >= 15 is 0 Å². The lowest BCUT2D eigenvalue weighted by Crippen LogP contribution is -2.03. The number of para-hydroxylation sites is 1. The first kappa shape index (κ1) is 10.3. The van der Waals surface area contributed by atoms with Gasteiger partial charge in [0.05, 0.1) is 5.56 Å². The molecule has 1 rings (SSSR count). The summed E-state index contributed by atoms with van der Waals surface area (Å²) in [5, 5.41) is 8.84. The Bertz CT molecular complexity index is 355. The molecule has 1 aromatic rings. The summed E-state index contributed by atoms with van der Waals surface area (Å²) in [6.45, 7) is 4.76. The van der Waals surface area contributed by atoms with E-state index in [1.54, 1.807) is 24.3 Å². The van der Waals surface area contributed by atoms with Crippen molar-refractivity contribution < 1.29 is 14.6 Å². The number of rotatable bonds is 4. The molecule has 0 unspecified atom stereocenters. The highest BCUT2D eigenvalue weighted by molar-refractivity contribution is 5.96. The maximum Gasteiger partial charge on any atom is 0.163 e. The van der Waals surface area contributed by atoms with Gasteiger partial charge in [-0.2, -0.15) is 0 Å². The van der Waals surface area contributed by atoms with Crippen LogP contribution in [0.3, 0.4) is 0 Å². The summed E-state index contributed by atoms with van der Waals surface area (Å²) in [5.41, 5.74) is 0.508. The third kappa shape index (κ3) is 2.62. The van der Waals surface area contributed by atoms with E-state index in [2.05, 4.69) is 6.58 Å². The Balaban J connectivity index is 2.84. The van der Waals surface area contributed by atoms with E-state index in [0.717, 1.165) is 0 Å². The monoisotopic (exact) mass is 192 g/mol. The van der Waals surface area contributed by atoms with E-state index in [0.29, 0.717) is 11.3 Å². The van der Waals surface area contributed by atoms with Crippen molar-refractivity contribution in [2.75, 3.05) is 6.61 Å². The van der Waals surface area contributed by atoms with Crippen LogP contribution in [0, 0.1) is 0 Å². The summed E-state index contributed by atoms with van der Waals surface area (Å²) >= 11 is 0. The predicted molar refractivity (Wildman–Crippen MR) is 53.7 cm³/mol. The molecule has 74 valence electrons. The lowest BCUT2D eigenvalue weighted by molar-refractivity contribution is 0.101. The number of carbonyl (C=O) groups excluding carboxylic acids is 1. The molecule has 0 fully saturated rings. The molecule has 0 radical (unpaired) electrons. The molecule has 0 aliphatic rings. The maximum atomic E-state index is 11.1. The van der Waals surface area contributed by atoms with Gasteiger partial charge in [-0.15, -0.1) is 0 Å². The third-order valence-corrected chi connectivity index (χ3v) is 1.66. The van der Waals surface area contributed by atoms with Crippen LogP contribution in [0.2, 0.25) is 0 Å². The Kier molecular flexibility index (Phi) is 3.29. The van der Waals surface area contributed by atoms with Crippen LogP contribution in [0.15, 0.2) is 36.6 Å². The average molecular weight is 192 g/mol. The zero-order valence-electron chi connectivity index (χ0n) is 7.99. The van der Waals surface area contributed by atoms with Crippen LogP contribution in [0.1, 0.15) is 17.3 Å². The van der Waals surface area contributed by atoms with Crippen LogP contribution < -0.4 is 4.74 Å². The summed E-state index contributed by atoms with van der Waals surface area (Å²) in [4.78, 5) is 11.1. The van der Waals surface area contributed by atoms with Gasteiger partial charge in [0.1, 0.15) is 18.1 Å². The molecular formula is C11H12O3. The number of carbonyl (C=O) groups is 1. The van der Waals surface area contributed by atoms with Crippen LogP contribution in [0.5, 0.6) is 5.75 Å². The highest BCUT2D eigenvalue weighted by Gasteiger charge is 2.06. The lowest BCUT2D eigenvalue weighted by atomic mass is 10.1. The van der Waals surface area contributed by atoms with Gasteiger partial charge < -0.3 is 9.84 Å². The van der Waals surface area contributed by atoms with E-state index in [1.807, 2.05) is 0 Å². The van der Waals surface area contributed by atoms with Crippen molar-refractivity contribution in [2.45, 2.75) is 6.92 Å². The SMILES string of the molecule is C=C(O)COc1ccccc1C(C)=O. The number of aliphatic hydroxyl groups is 1. The zero-order chi connectivity index (χ0) is 10.6. The van der Waals surface area contributed by atoms with E-state index in [4.69, 9.17) is 9.84 Å². The molecule has 0 aliphatic heterocycles. The fourth-order valence-electron chi connectivity index (χ4n) is 1.04. The van der Waals surface area contributed by atoms with Crippen LogP contribution >= 0.6 is 0 Å². The number of hydrogen-bond acceptors (Lipinski definition) is 3. The minimum atomic E-state index is -0.0663. The summed E-state index contributed by atoms with van der Waals surface area (Å²) < 4.78 is 5.19. The Morgan fingerprint density at radius 3 is 2.71 bits per heavy atom. The number of aliphatic hydroxyl groups excluding tert-OH is 1. The van der Waals surface area contributed by atoms with Gasteiger partial charge in [-0.25, -0.2) is 0 Å². The van der Waals surface area contributed by atoms with Crippen molar-refractivity contribution in [3.63, 3.8) is 0 Å². The maximum absolute atomic E-state index is 11.1. The second-order valence-electron chi connectivity index (χ2n) is 2.91. The molecule has 3 heteroatoms. The van der Waals surface area contributed by atoms with Crippen molar-refractivity contribution in [3.05, 3.63) is 42.2 Å². The van der Waals surface area contributed by atoms with E-state index in [1.165, 1.54) is 6.92 Å². The van der Waals surface area contributed by atoms with Crippen LogP contribution in [0.25, 0.3) is 0 Å². The Morgan fingerprint density at radius 2 is 2.14 bits per heavy atom. The van der Waals surface area contributed by atoms with Crippen molar-refractivity contribution in [1.82, 2.24) is 0 Å². The minimum Gasteiger partial charge on any atom is -0.509 e. The van der Waals surface area contributed by atoms with Gasteiger partial charge in [0.15, 0.2) is 5.78 Å². The van der Waals surface area contributed by atoms with Crippen LogP contribution in [-0.2, 0) is 0 Å². The average Bonchev–Trinajstić information content (AvgIpc) is 2.15. The smallest absolute Gasteiger partial charge is 0.163 e. The molecule has 14 heavy (non-hydrogen) atoms. The van der Waals surface area contributed by atoms with Crippen molar-refractivity contribution in [2.24, 2.45) is 0 Å². The number of hydrogen-bond donors (Lipinski definition) is 1. The molecule has 0 aromatic heterocycles. The summed E-state index contributed by atoms with van der Waals surface area (Å²) in [6, 6.07) is 6.89. The lowest BCUT2D eigenvalue weighted by Gasteiger charge is -2.08. The molecule has 0 amide bonds. The predicted octanol–water partition coefficient (Wildman–Crippen LogP) is 2.34. The summed E-state index contributed by atoms with van der Waals surface area (Å²) in [7, 11) is 0. The van der Waals surface area contributed by atoms with Gasteiger partial charge in [-0.3, -0.25) is 4.79 Å². The second kappa shape index (κ2) is 4.46. The Labute approximate surface area is 82.6 Å². The van der Waals surface area contributed by atoms with Crippen LogP contribution in [-0.4, -0.2) is 17.5 Å². The number of ether oxygens (including phenoxy) is 1. The molecule has 0 spiro atoms. The van der Waals surface area contributed by atoms with Gasteiger partial charge >= 0.3 is 0 Å². The first-order chi connectivity index (χ1) is 6.61. The first-order valence-electron chi connectivity index (χ1n) is 4.20. The van der Waals surface area contributed by atoms with E-state index in [-0.39, 0.29) is 18.1 Å².